The van der Waals surface area contributed by atoms with Gasteiger partial charge >= 0.3 is 5.69 Å². The van der Waals surface area contributed by atoms with Gasteiger partial charge < -0.3 is 21.3 Å². The summed E-state index contributed by atoms with van der Waals surface area (Å²) >= 11 is 9.96. The number of piperidine rings is 1. The maximum Gasteiger partial charge on any atom is 0.350 e. The predicted octanol–water partition coefficient (Wildman–Crippen LogP) is 4.80. The Hall–Kier alpha value is -2.92. The van der Waals surface area contributed by atoms with Crippen LogP contribution < -0.4 is 27.0 Å². The maximum absolute atomic E-state index is 15.1. The molecule has 13 heteroatoms. The minimum Gasteiger partial charge on any atom is -0.389 e. The number of thiophene rings is 1. The number of nitriles is 1. The molecule has 2 aromatic carbocycles. The molecule has 0 radical (unpaired) electrons. The maximum atomic E-state index is 15.1. The van der Waals surface area contributed by atoms with Crippen LogP contribution in [0.1, 0.15) is 37.3 Å². The second-order valence-electron chi connectivity index (χ2n) is 12.7. The minimum atomic E-state index is -0.427. The Kier molecular flexibility index (Phi) is 7.47. The molecule has 3 fully saturated rings. The molecule has 3 unspecified atom stereocenters. The lowest BCUT2D eigenvalue weighted by atomic mass is 9.97. The van der Waals surface area contributed by atoms with Crippen LogP contribution in [-0.2, 0) is 0 Å². The third-order valence-electron chi connectivity index (χ3n) is 9.98. The molecule has 4 aliphatic heterocycles. The van der Waals surface area contributed by atoms with Crippen molar-refractivity contribution >= 4 is 66.5 Å². The predicted molar refractivity (Wildman–Crippen MR) is 181 cm³/mol. The zero-order valence-corrected chi connectivity index (χ0v) is 27.3. The molecule has 0 amide bonds. The topological polar surface area (TPSA) is 115 Å². The van der Waals surface area contributed by atoms with Crippen LogP contribution in [-0.4, -0.2) is 78.1 Å². The van der Waals surface area contributed by atoms with E-state index in [9.17, 15) is 10.1 Å². The highest BCUT2D eigenvalue weighted by Gasteiger charge is 2.37. The van der Waals surface area contributed by atoms with Crippen LogP contribution in [0.15, 0.2) is 27.9 Å². The lowest BCUT2D eigenvalue weighted by Crippen LogP contribution is -2.52. The van der Waals surface area contributed by atoms with Crippen molar-refractivity contribution in [2.24, 2.45) is 0 Å². The summed E-state index contributed by atoms with van der Waals surface area (Å²) in [4.78, 5) is 24.5. The van der Waals surface area contributed by atoms with Crippen molar-refractivity contribution in [1.29, 1.82) is 5.26 Å². The van der Waals surface area contributed by atoms with Gasteiger partial charge in [0.05, 0.1) is 26.8 Å². The molecule has 6 heterocycles. The lowest BCUT2D eigenvalue weighted by Gasteiger charge is -2.38. The van der Waals surface area contributed by atoms with E-state index in [0.717, 1.165) is 85.5 Å². The van der Waals surface area contributed by atoms with E-state index in [-0.39, 0.29) is 22.3 Å². The fourth-order valence-electron chi connectivity index (χ4n) is 7.92. The summed E-state index contributed by atoms with van der Waals surface area (Å²) in [6, 6.07) is 8.30. The fourth-order valence-corrected chi connectivity index (χ4v) is 10.6. The summed E-state index contributed by atoms with van der Waals surface area (Å²) < 4.78 is 17.3. The first-order valence-electron chi connectivity index (χ1n) is 15.6. The van der Waals surface area contributed by atoms with Crippen LogP contribution in [0.3, 0.4) is 0 Å². The number of hydrogen-bond acceptors (Lipinski definition) is 10. The van der Waals surface area contributed by atoms with Crippen molar-refractivity contribution in [2.75, 3.05) is 56.2 Å². The number of nitrogens with two attached hydrogens (primary N) is 1. The molecular weight excluding hydrogens is 631 g/mol. The fraction of sp³-hybridized carbons (Fsp3) is 0.469. The molecule has 2 bridgehead atoms. The van der Waals surface area contributed by atoms with Crippen molar-refractivity contribution in [3.05, 3.63) is 45.1 Å². The molecule has 234 valence electrons. The third kappa shape index (κ3) is 4.82. The molecule has 2 aromatic heterocycles. The average molecular weight is 665 g/mol. The van der Waals surface area contributed by atoms with Crippen LogP contribution >= 0.6 is 34.7 Å². The van der Waals surface area contributed by atoms with E-state index in [0.29, 0.717) is 55.9 Å². The molecule has 0 aliphatic carbocycles. The van der Waals surface area contributed by atoms with Gasteiger partial charge in [0.25, 0.3) is 0 Å². The molecule has 4 N–H and O–H groups in total. The van der Waals surface area contributed by atoms with Gasteiger partial charge in [0.1, 0.15) is 22.7 Å². The number of rotatable bonds is 5. The normalized spacial score (nSPS) is 24.9. The summed E-state index contributed by atoms with van der Waals surface area (Å²) in [5, 5.41) is 19.2. The Labute approximate surface area is 273 Å². The van der Waals surface area contributed by atoms with E-state index >= 15 is 4.39 Å². The Bertz CT molecular complexity index is 1940. The van der Waals surface area contributed by atoms with E-state index in [1.54, 1.807) is 17.8 Å². The first-order valence-corrected chi connectivity index (χ1v) is 17.8. The summed E-state index contributed by atoms with van der Waals surface area (Å²) in [5.41, 5.74) is 8.37. The number of fused-ring (bicyclic) bond motifs is 3. The Morgan fingerprint density at radius 3 is 2.80 bits per heavy atom. The van der Waals surface area contributed by atoms with Gasteiger partial charge in [-0.2, -0.15) is 10.2 Å². The van der Waals surface area contributed by atoms with Gasteiger partial charge in [0, 0.05) is 71.3 Å². The van der Waals surface area contributed by atoms with Crippen molar-refractivity contribution in [3.8, 4) is 17.2 Å². The largest absolute Gasteiger partial charge is 0.389 e. The van der Waals surface area contributed by atoms with E-state index in [1.165, 1.54) is 6.07 Å². The van der Waals surface area contributed by atoms with E-state index in [1.807, 2.05) is 17.7 Å². The van der Waals surface area contributed by atoms with E-state index in [2.05, 4.69) is 26.5 Å². The number of nitrogens with one attached hydrogen (secondary N) is 2. The van der Waals surface area contributed by atoms with Crippen molar-refractivity contribution in [3.63, 3.8) is 0 Å². The number of benzene rings is 2. The molecule has 4 aromatic rings. The smallest absolute Gasteiger partial charge is 0.350 e. The summed E-state index contributed by atoms with van der Waals surface area (Å²) in [5.74, 6) is 0.912. The van der Waals surface area contributed by atoms with Gasteiger partial charge in [-0.3, -0.25) is 9.47 Å². The average Bonchev–Trinajstić information content (AvgIpc) is 3.57. The number of aromatic nitrogens is 2. The molecule has 9 nitrogen and oxygen atoms in total. The lowest BCUT2D eigenvalue weighted by molar-refractivity contribution is 0.175. The van der Waals surface area contributed by atoms with Crippen LogP contribution in [0.5, 0.6) is 0 Å². The summed E-state index contributed by atoms with van der Waals surface area (Å²) in [7, 11) is 2.01. The quantitative estimate of drug-likeness (QED) is 0.277. The van der Waals surface area contributed by atoms with Crippen molar-refractivity contribution in [2.45, 2.75) is 54.7 Å². The first-order chi connectivity index (χ1) is 21.8. The number of nitrogen functional groups attached to an aromatic ring is 1. The molecule has 4 aliphatic rings. The zero-order chi connectivity index (χ0) is 31.0. The molecule has 4 atom stereocenters. The number of anilines is 2. The zero-order valence-electron chi connectivity index (χ0n) is 24.9. The van der Waals surface area contributed by atoms with Crippen LogP contribution in [0.4, 0.5) is 15.2 Å². The third-order valence-corrected chi connectivity index (χ3v) is 12.5. The molecule has 45 heavy (non-hydrogen) atoms. The number of likely N-dealkylation sites (tertiary alicyclic amines) is 1. The van der Waals surface area contributed by atoms with Gasteiger partial charge in [-0.15, -0.1) is 23.1 Å². The van der Waals surface area contributed by atoms with Crippen LogP contribution in [0, 0.1) is 17.1 Å². The molecular formula is C32H34ClFN8OS2. The summed E-state index contributed by atoms with van der Waals surface area (Å²) in [6.45, 7) is 4.25. The van der Waals surface area contributed by atoms with Crippen molar-refractivity contribution < 1.29 is 4.39 Å². The first kappa shape index (κ1) is 29.5. The number of hydrogen-bond donors (Lipinski definition) is 3. The SMILES string of the molecule is CNC1CCCN(C[C@H]2CSc3c(-c4ccc(F)c5sc(N)c(C#N)c45)c(Cl)cc4c(N5CC6CCC(C5)N6)nc(=O)n2c34)C1. The number of piperazine rings is 1. The van der Waals surface area contributed by atoms with Gasteiger partial charge in [-0.1, -0.05) is 17.7 Å². The Balaban J connectivity index is 1.35. The number of likely N-dealkylation sites (N-methyl/N-ethyl adjacent to an activating group) is 1. The molecule has 3 saturated heterocycles. The van der Waals surface area contributed by atoms with Gasteiger partial charge in [0.2, 0.25) is 0 Å². The highest BCUT2D eigenvalue weighted by molar-refractivity contribution is 7.99. The monoisotopic (exact) mass is 664 g/mol. The van der Waals surface area contributed by atoms with Crippen molar-refractivity contribution in [1.82, 2.24) is 25.1 Å². The van der Waals surface area contributed by atoms with Gasteiger partial charge in [0.15, 0.2) is 0 Å². The second kappa shape index (κ2) is 11.4. The number of halogens is 2. The minimum absolute atomic E-state index is 0.0809. The Morgan fingerprint density at radius 1 is 1.24 bits per heavy atom. The highest BCUT2D eigenvalue weighted by atomic mass is 35.5. The Morgan fingerprint density at radius 2 is 2.04 bits per heavy atom. The number of nitrogens with zero attached hydrogens (tertiary/aromatic N) is 5. The van der Waals surface area contributed by atoms with Crippen LogP contribution in [0.2, 0.25) is 5.02 Å². The molecule has 0 saturated carbocycles. The molecule has 8 rings (SSSR count). The van der Waals surface area contributed by atoms with Gasteiger partial charge in [-0.25, -0.2) is 9.18 Å². The molecule has 0 spiro atoms. The van der Waals surface area contributed by atoms with Gasteiger partial charge in [-0.05, 0) is 57.0 Å². The highest BCUT2D eigenvalue weighted by Crippen LogP contribution is 2.51. The standard InChI is InChI=1S/C32H34ClFN8OS2/c1-37-16-3-2-8-40(11-16)14-19-15-44-29-26(20-6-7-24(34)28-25(20)22(10-35)30(36)45-28)23(33)9-21-27(29)42(19)32(43)39-31(21)41-12-17-4-5-18(13-41)38-17/h6-7,9,16-19,37-38H,2-5,8,11-15,36H2,1H3/t16?,17?,18?,19-/m0/s1. The van der Waals surface area contributed by atoms with E-state index in [4.69, 9.17) is 22.3 Å². The van der Waals surface area contributed by atoms with E-state index < -0.39 is 5.82 Å². The number of thioether (sulfide) groups is 1. The summed E-state index contributed by atoms with van der Waals surface area (Å²) in [6.07, 6.45) is 4.48. The second-order valence-corrected chi connectivity index (χ2v) is 15.2. The van der Waals surface area contributed by atoms with Crippen LogP contribution in [0.25, 0.3) is 32.1 Å².